The van der Waals surface area contributed by atoms with Gasteiger partial charge in [0.1, 0.15) is 5.69 Å². The number of likely N-dealkylation sites (N-methyl/N-ethyl adjacent to an activating group) is 1. The van der Waals surface area contributed by atoms with Crippen molar-refractivity contribution in [2.45, 2.75) is 6.42 Å². The number of hydrogen-bond acceptors (Lipinski definition) is 6. The molecule has 0 aliphatic heterocycles. The van der Waals surface area contributed by atoms with Gasteiger partial charge in [-0.25, -0.2) is 9.97 Å². The average Bonchev–Trinajstić information content (AvgIpc) is 3.28. The molecule has 3 aromatic heterocycles. The van der Waals surface area contributed by atoms with Crippen LogP contribution in [0.15, 0.2) is 35.3 Å². The zero-order valence-electron chi connectivity index (χ0n) is 12.1. The molecule has 0 aliphatic rings. The fourth-order valence-corrected chi connectivity index (χ4v) is 3.29. The molecule has 0 unspecified atom stereocenters. The van der Waals surface area contributed by atoms with Crippen molar-refractivity contribution in [3.05, 3.63) is 46.7 Å². The Morgan fingerprint density at radius 2 is 1.96 bits per heavy atom. The molecule has 3 rings (SSSR count). The number of anilines is 1. The minimum Gasteiger partial charge on any atom is -0.359 e. The van der Waals surface area contributed by atoms with E-state index in [-0.39, 0.29) is 18.2 Å². The van der Waals surface area contributed by atoms with Gasteiger partial charge in [-0.05, 0) is 12.1 Å². The first kappa shape index (κ1) is 15.4. The molecule has 0 bridgehead atoms. The number of carbonyl (C=O) groups excluding carboxylic acids is 2. The summed E-state index contributed by atoms with van der Waals surface area (Å²) >= 11 is 2.66. The molecule has 0 atom stereocenters. The Hall–Kier alpha value is -2.52. The summed E-state index contributed by atoms with van der Waals surface area (Å²) < 4.78 is 1.84. The van der Waals surface area contributed by atoms with Gasteiger partial charge >= 0.3 is 0 Å². The summed E-state index contributed by atoms with van der Waals surface area (Å²) in [5.74, 6) is -0.440. The molecule has 2 amide bonds. The molecule has 0 fully saturated rings. The van der Waals surface area contributed by atoms with Crippen LogP contribution in [0.3, 0.4) is 0 Å². The lowest BCUT2D eigenvalue weighted by Gasteiger charge is -1.98. The van der Waals surface area contributed by atoms with E-state index in [4.69, 9.17) is 0 Å². The van der Waals surface area contributed by atoms with Gasteiger partial charge < -0.3 is 9.88 Å². The molecule has 3 heterocycles. The van der Waals surface area contributed by atoms with Gasteiger partial charge in [0, 0.05) is 30.2 Å². The number of nitrogens with zero attached hydrogens (tertiary/aromatic N) is 3. The third-order valence-corrected chi connectivity index (χ3v) is 4.60. The van der Waals surface area contributed by atoms with Crippen LogP contribution in [0.5, 0.6) is 0 Å². The molecule has 0 radical (unpaired) electrons. The molecule has 2 N–H and O–H groups in total. The molecule has 23 heavy (non-hydrogen) atoms. The van der Waals surface area contributed by atoms with Crippen LogP contribution in [0.4, 0.5) is 5.13 Å². The van der Waals surface area contributed by atoms with Crippen molar-refractivity contribution < 1.29 is 9.59 Å². The molecule has 0 aliphatic carbocycles. The Bertz CT molecular complexity index is 822. The van der Waals surface area contributed by atoms with E-state index in [0.29, 0.717) is 16.5 Å². The number of nitrogens with one attached hydrogen (secondary N) is 2. The highest BCUT2D eigenvalue weighted by Crippen LogP contribution is 2.19. The van der Waals surface area contributed by atoms with E-state index in [2.05, 4.69) is 20.6 Å². The van der Waals surface area contributed by atoms with E-state index in [9.17, 15) is 9.59 Å². The lowest BCUT2D eigenvalue weighted by Crippen LogP contribution is -2.20. The first-order valence-corrected chi connectivity index (χ1v) is 8.47. The fourth-order valence-electron chi connectivity index (χ4n) is 1.81. The molecule has 118 valence electrons. The standard InChI is InChI=1S/C14H13N5O2S2/c1-15-11(20)6-9-7-22-13(16-9)18-12(21)10-8-23-14(17-10)19-4-2-3-5-19/h2-5,7-8H,6H2,1H3,(H,15,20)(H,16,18,21). The van der Waals surface area contributed by atoms with Crippen molar-refractivity contribution >= 4 is 39.6 Å². The van der Waals surface area contributed by atoms with Crippen LogP contribution in [0, 0.1) is 0 Å². The number of hydrogen-bond donors (Lipinski definition) is 2. The lowest BCUT2D eigenvalue weighted by molar-refractivity contribution is -0.120. The summed E-state index contributed by atoms with van der Waals surface area (Å²) in [5, 5.41) is 9.85. The second-order valence-corrected chi connectivity index (χ2v) is 6.25. The van der Waals surface area contributed by atoms with Gasteiger partial charge in [-0.15, -0.1) is 22.7 Å². The zero-order chi connectivity index (χ0) is 16.2. The minimum absolute atomic E-state index is 0.121. The monoisotopic (exact) mass is 347 g/mol. The van der Waals surface area contributed by atoms with E-state index in [1.807, 2.05) is 29.1 Å². The lowest BCUT2D eigenvalue weighted by atomic mass is 10.3. The van der Waals surface area contributed by atoms with Gasteiger partial charge in [-0.2, -0.15) is 0 Å². The van der Waals surface area contributed by atoms with Crippen molar-refractivity contribution in [3.63, 3.8) is 0 Å². The molecule has 0 spiro atoms. The molecule has 0 aromatic carbocycles. The first-order valence-electron chi connectivity index (χ1n) is 6.71. The van der Waals surface area contributed by atoms with Gasteiger partial charge in [0.15, 0.2) is 10.3 Å². The second-order valence-electron chi connectivity index (χ2n) is 4.55. The Morgan fingerprint density at radius 1 is 1.17 bits per heavy atom. The van der Waals surface area contributed by atoms with Crippen LogP contribution in [0.2, 0.25) is 0 Å². The Morgan fingerprint density at radius 3 is 2.70 bits per heavy atom. The Balaban J connectivity index is 1.66. The summed E-state index contributed by atoms with van der Waals surface area (Å²) in [7, 11) is 1.57. The molecule has 3 aromatic rings. The van der Waals surface area contributed by atoms with Crippen LogP contribution < -0.4 is 10.6 Å². The van der Waals surface area contributed by atoms with E-state index < -0.39 is 0 Å². The molecule has 0 saturated carbocycles. The van der Waals surface area contributed by atoms with Crippen LogP contribution in [-0.4, -0.2) is 33.4 Å². The SMILES string of the molecule is CNC(=O)Cc1csc(NC(=O)c2csc(-n3cccc3)n2)n1. The van der Waals surface area contributed by atoms with Gasteiger partial charge in [-0.1, -0.05) is 0 Å². The van der Waals surface area contributed by atoms with Crippen LogP contribution >= 0.6 is 22.7 Å². The number of aromatic nitrogens is 3. The van der Waals surface area contributed by atoms with E-state index in [0.717, 1.165) is 5.13 Å². The summed E-state index contributed by atoms with van der Waals surface area (Å²) in [4.78, 5) is 32.0. The number of amides is 2. The van der Waals surface area contributed by atoms with Crippen molar-refractivity contribution in [2.24, 2.45) is 0 Å². The smallest absolute Gasteiger partial charge is 0.276 e. The van der Waals surface area contributed by atoms with Crippen LogP contribution in [-0.2, 0) is 11.2 Å². The fraction of sp³-hybridized carbons (Fsp3) is 0.143. The average molecular weight is 347 g/mol. The summed E-state index contributed by atoms with van der Waals surface area (Å²) in [5.41, 5.74) is 0.956. The highest BCUT2D eigenvalue weighted by Gasteiger charge is 2.14. The number of thiazole rings is 2. The minimum atomic E-state index is -0.319. The topological polar surface area (TPSA) is 88.9 Å². The van der Waals surface area contributed by atoms with E-state index in [1.54, 1.807) is 17.8 Å². The van der Waals surface area contributed by atoms with Gasteiger partial charge in [-0.3, -0.25) is 14.9 Å². The van der Waals surface area contributed by atoms with E-state index >= 15 is 0 Å². The van der Waals surface area contributed by atoms with Crippen LogP contribution in [0.25, 0.3) is 5.13 Å². The predicted octanol–water partition coefficient (Wildman–Crippen LogP) is 1.93. The molecule has 9 heteroatoms. The third-order valence-electron chi connectivity index (χ3n) is 2.94. The largest absolute Gasteiger partial charge is 0.359 e. The summed E-state index contributed by atoms with van der Waals surface area (Å²) in [6.07, 6.45) is 3.93. The van der Waals surface area contributed by atoms with Crippen molar-refractivity contribution in [3.8, 4) is 5.13 Å². The van der Waals surface area contributed by atoms with Crippen LogP contribution in [0.1, 0.15) is 16.2 Å². The van der Waals surface area contributed by atoms with Gasteiger partial charge in [0.25, 0.3) is 5.91 Å². The number of carbonyl (C=O) groups is 2. The molecule has 0 saturated heterocycles. The quantitative estimate of drug-likeness (QED) is 0.738. The normalized spacial score (nSPS) is 10.5. The first-order chi connectivity index (χ1) is 11.2. The van der Waals surface area contributed by atoms with E-state index in [1.165, 1.54) is 22.7 Å². The summed E-state index contributed by atoms with van der Waals surface area (Å²) in [6, 6.07) is 3.79. The highest BCUT2D eigenvalue weighted by atomic mass is 32.1. The summed E-state index contributed by atoms with van der Waals surface area (Å²) in [6.45, 7) is 0. The third kappa shape index (κ3) is 3.63. The highest BCUT2D eigenvalue weighted by molar-refractivity contribution is 7.14. The van der Waals surface area contributed by atoms with Crippen molar-refractivity contribution in [1.29, 1.82) is 0 Å². The van der Waals surface area contributed by atoms with Crippen molar-refractivity contribution in [2.75, 3.05) is 12.4 Å². The maximum Gasteiger partial charge on any atom is 0.276 e. The van der Waals surface area contributed by atoms with Gasteiger partial charge in [0.05, 0.1) is 12.1 Å². The van der Waals surface area contributed by atoms with Crippen molar-refractivity contribution in [1.82, 2.24) is 19.9 Å². The van der Waals surface area contributed by atoms with Gasteiger partial charge in [0.2, 0.25) is 5.91 Å². The molecule has 7 nitrogen and oxygen atoms in total. The zero-order valence-corrected chi connectivity index (χ0v) is 13.8. The molecular weight excluding hydrogens is 334 g/mol. The second kappa shape index (κ2) is 6.71. The Labute approximate surface area is 140 Å². The predicted molar refractivity (Wildman–Crippen MR) is 89.3 cm³/mol. The maximum atomic E-state index is 12.2. The Kier molecular flexibility index (Phi) is 4.49. The maximum absolute atomic E-state index is 12.2. The molecular formula is C14H13N5O2S2. The number of rotatable bonds is 5.